The number of fused-ring (bicyclic) bond motifs is 2. The number of hydrogen-bond donors (Lipinski definition) is 0. The average molecular weight is 401 g/mol. The van der Waals surface area contributed by atoms with E-state index in [-0.39, 0.29) is 11.7 Å². The molecule has 4 rings (SSSR count). The first-order chi connectivity index (χ1) is 13.5. The molecule has 0 spiro atoms. The molecular formula is C20H20FN3O3S. The molecule has 0 aliphatic carbocycles. The second-order valence-corrected chi connectivity index (χ2v) is 7.74. The largest absolute Gasteiger partial charge is 0.486 e. The molecular weight excluding hydrogens is 381 g/mol. The third-order valence-electron chi connectivity index (χ3n) is 4.38. The molecule has 0 unspecified atom stereocenters. The number of anilines is 1. The zero-order valence-corrected chi connectivity index (χ0v) is 16.5. The van der Waals surface area contributed by atoms with E-state index < -0.39 is 0 Å². The Kier molecular flexibility index (Phi) is 5.15. The van der Waals surface area contributed by atoms with Crippen LogP contribution in [0.1, 0.15) is 10.4 Å². The fraction of sp³-hybridized carbons (Fsp3) is 0.300. The van der Waals surface area contributed by atoms with Crippen LogP contribution in [0.25, 0.3) is 10.2 Å². The van der Waals surface area contributed by atoms with Crippen LogP contribution >= 0.6 is 11.3 Å². The highest BCUT2D eigenvalue weighted by Crippen LogP contribution is 2.33. The zero-order chi connectivity index (χ0) is 19.7. The topological polar surface area (TPSA) is 54.9 Å². The van der Waals surface area contributed by atoms with Gasteiger partial charge in [-0.2, -0.15) is 0 Å². The van der Waals surface area contributed by atoms with Gasteiger partial charge in [0, 0.05) is 18.7 Å². The van der Waals surface area contributed by atoms with Gasteiger partial charge in [-0.1, -0.05) is 11.3 Å². The minimum atomic E-state index is -0.319. The summed E-state index contributed by atoms with van der Waals surface area (Å²) < 4.78 is 25.4. The number of likely N-dealkylation sites (N-methyl/N-ethyl adjacent to an activating group) is 1. The lowest BCUT2D eigenvalue weighted by Gasteiger charge is -2.23. The van der Waals surface area contributed by atoms with Gasteiger partial charge in [-0.3, -0.25) is 9.69 Å². The monoisotopic (exact) mass is 401 g/mol. The quantitative estimate of drug-likeness (QED) is 0.656. The average Bonchev–Trinajstić information content (AvgIpc) is 3.10. The first kappa shape index (κ1) is 18.6. The van der Waals surface area contributed by atoms with Gasteiger partial charge in [0.15, 0.2) is 16.6 Å². The first-order valence-corrected chi connectivity index (χ1v) is 9.75. The van der Waals surface area contributed by atoms with Crippen LogP contribution in [-0.4, -0.2) is 56.2 Å². The Labute approximate surface area is 166 Å². The minimum absolute atomic E-state index is 0.182. The Balaban J connectivity index is 1.69. The molecule has 1 aliphatic rings. The first-order valence-electron chi connectivity index (χ1n) is 8.93. The maximum absolute atomic E-state index is 13.6. The number of amides is 1. The van der Waals surface area contributed by atoms with Gasteiger partial charge in [-0.25, -0.2) is 9.37 Å². The summed E-state index contributed by atoms with van der Waals surface area (Å²) >= 11 is 1.30. The van der Waals surface area contributed by atoms with Gasteiger partial charge in [0.1, 0.15) is 19.0 Å². The van der Waals surface area contributed by atoms with Crippen molar-refractivity contribution in [3.05, 3.63) is 47.8 Å². The Bertz CT molecular complexity index is 1020. The summed E-state index contributed by atoms with van der Waals surface area (Å²) in [6, 6.07) is 9.62. The Hall–Kier alpha value is -2.71. The SMILES string of the molecule is CN(C)CCN(C(=O)c1ccc2c(c1)OCCO2)c1nc2ccc(F)cc2s1. The lowest BCUT2D eigenvalue weighted by molar-refractivity contribution is 0.0984. The predicted molar refractivity (Wildman–Crippen MR) is 107 cm³/mol. The summed E-state index contributed by atoms with van der Waals surface area (Å²) in [4.78, 5) is 21.5. The number of benzene rings is 2. The van der Waals surface area contributed by atoms with E-state index in [1.807, 2.05) is 19.0 Å². The molecule has 0 saturated carbocycles. The molecule has 2 heterocycles. The van der Waals surface area contributed by atoms with Crippen LogP contribution in [0.15, 0.2) is 36.4 Å². The molecule has 0 N–H and O–H groups in total. The van der Waals surface area contributed by atoms with E-state index in [1.54, 1.807) is 29.2 Å². The third-order valence-corrected chi connectivity index (χ3v) is 5.42. The van der Waals surface area contributed by atoms with E-state index >= 15 is 0 Å². The molecule has 8 heteroatoms. The minimum Gasteiger partial charge on any atom is -0.486 e. The Morgan fingerprint density at radius 1 is 1.11 bits per heavy atom. The van der Waals surface area contributed by atoms with E-state index in [9.17, 15) is 9.18 Å². The van der Waals surface area contributed by atoms with Crippen molar-refractivity contribution in [1.29, 1.82) is 0 Å². The van der Waals surface area contributed by atoms with Crippen LogP contribution in [0.2, 0.25) is 0 Å². The van der Waals surface area contributed by atoms with Crippen LogP contribution in [0.3, 0.4) is 0 Å². The molecule has 0 bridgehead atoms. The van der Waals surface area contributed by atoms with Crippen molar-refractivity contribution in [2.75, 3.05) is 45.3 Å². The fourth-order valence-electron chi connectivity index (χ4n) is 2.92. The maximum atomic E-state index is 13.6. The molecule has 3 aromatic rings. The van der Waals surface area contributed by atoms with E-state index in [1.165, 1.54) is 23.5 Å². The molecule has 2 aromatic carbocycles. The molecule has 146 valence electrons. The van der Waals surface area contributed by atoms with Gasteiger partial charge in [-0.15, -0.1) is 0 Å². The van der Waals surface area contributed by atoms with E-state index in [0.29, 0.717) is 58.7 Å². The van der Waals surface area contributed by atoms with Crippen LogP contribution in [0.4, 0.5) is 9.52 Å². The molecule has 0 atom stereocenters. The number of nitrogens with zero attached hydrogens (tertiary/aromatic N) is 3. The highest BCUT2D eigenvalue weighted by molar-refractivity contribution is 7.22. The molecule has 0 saturated heterocycles. The summed E-state index contributed by atoms with van der Waals surface area (Å²) in [7, 11) is 3.89. The van der Waals surface area contributed by atoms with Crippen LogP contribution < -0.4 is 14.4 Å². The molecule has 1 amide bonds. The summed E-state index contributed by atoms with van der Waals surface area (Å²) in [5.74, 6) is 0.702. The van der Waals surface area contributed by atoms with Crippen LogP contribution in [0.5, 0.6) is 11.5 Å². The zero-order valence-electron chi connectivity index (χ0n) is 15.6. The molecule has 28 heavy (non-hydrogen) atoms. The van der Waals surface area contributed by atoms with Gasteiger partial charge in [0.05, 0.1) is 10.2 Å². The molecule has 1 aliphatic heterocycles. The summed E-state index contributed by atoms with van der Waals surface area (Å²) in [5, 5.41) is 0.544. The fourth-order valence-corrected chi connectivity index (χ4v) is 3.93. The van der Waals surface area contributed by atoms with Crippen molar-refractivity contribution in [3.63, 3.8) is 0 Å². The lowest BCUT2D eigenvalue weighted by Crippen LogP contribution is -2.36. The number of halogens is 1. The molecule has 0 fully saturated rings. The van der Waals surface area contributed by atoms with Crippen molar-refractivity contribution in [2.45, 2.75) is 0 Å². The normalized spacial score (nSPS) is 13.1. The molecule has 1 aromatic heterocycles. The highest BCUT2D eigenvalue weighted by Gasteiger charge is 2.23. The summed E-state index contributed by atoms with van der Waals surface area (Å²) in [5.41, 5.74) is 1.17. The smallest absolute Gasteiger partial charge is 0.260 e. The van der Waals surface area contributed by atoms with E-state index in [2.05, 4.69) is 4.98 Å². The van der Waals surface area contributed by atoms with Crippen LogP contribution in [-0.2, 0) is 0 Å². The van der Waals surface area contributed by atoms with Crippen LogP contribution in [0, 0.1) is 5.82 Å². The number of hydrogen-bond acceptors (Lipinski definition) is 6. The van der Waals surface area contributed by atoms with Gasteiger partial charge in [-0.05, 0) is 50.5 Å². The number of rotatable bonds is 5. The highest BCUT2D eigenvalue weighted by atomic mass is 32.1. The number of aromatic nitrogens is 1. The number of carbonyl (C=O) groups is 1. The Morgan fingerprint density at radius 3 is 2.68 bits per heavy atom. The molecule has 0 radical (unpaired) electrons. The number of ether oxygens (including phenoxy) is 2. The van der Waals surface area contributed by atoms with E-state index in [4.69, 9.17) is 9.47 Å². The van der Waals surface area contributed by atoms with Gasteiger partial charge in [0.25, 0.3) is 5.91 Å². The van der Waals surface area contributed by atoms with Crippen molar-refractivity contribution < 1.29 is 18.7 Å². The van der Waals surface area contributed by atoms with E-state index in [0.717, 1.165) is 0 Å². The van der Waals surface area contributed by atoms with Crippen molar-refractivity contribution in [1.82, 2.24) is 9.88 Å². The summed E-state index contributed by atoms with van der Waals surface area (Å²) in [6.45, 7) is 2.08. The standard InChI is InChI=1S/C20H20FN3O3S/c1-23(2)7-8-24(20-22-15-5-4-14(21)12-18(15)28-20)19(25)13-3-6-16-17(11-13)27-10-9-26-16/h3-6,11-12H,7-10H2,1-2H3. The van der Waals surface area contributed by atoms with Crippen molar-refractivity contribution in [3.8, 4) is 11.5 Å². The van der Waals surface area contributed by atoms with Crippen molar-refractivity contribution >= 4 is 32.6 Å². The third kappa shape index (κ3) is 3.79. The maximum Gasteiger partial charge on any atom is 0.260 e. The predicted octanol–water partition coefficient (Wildman–Crippen LogP) is 3.42. The number of thiazole rings is 1. The van der Waals surface area contributed by atoms with Gasteiger partial charge >= 0.3 is 0 Å². The number of carbonyl (C=O) groups excluding carboxylic acids is 1. The summed E-state index contributed by atoms with van der Waals surface area (Å²) in [6.07, 6.45) is 0. The van der Waals surface area contributed by atoms with Gasteiger partial charge in [0.2, 0.25) is 0 Å². The Morgan fingerprint density at radius 2 is 1.89 bits per heavy atom. The van der Waals surface area contributed by atoms with Crippen molar-refractivity contribution in [2.24, 2.45) is 0 Å². The lowest BCUT2D eigenvalue weighted by atomic mass is 10.1. The van der Waals surface area contributed by atoms with Gasteiger partial charge < -0.3 is 14.4 Å². The second-order valence-electron chi connectivity index (χ2n) is 6.73. The second kappa shape index (κ2) is 7.73. The molecule has 6 nitrogen and oxygen atoms in total.